The summed E-state index contributed by atoms with van der Waals surface area (Å²) in [6.45, 7) is 6.96. The van der Waals surface area contributed by atoms with Crippen LogP contribution in [-0.2, 0) is 7.05 Å². The van der Waals surface area contributed by atoms with E-state index in [0.29, 0.717) is 10.7 Å². The van der Waals surface area contributed by atoms with Crippen LogP contribution in [0.3, 0.4) is 0 Å². The highest BCUT2D eigenvalue weighted by Crippen LogP contribution is 2.42. The van der Waals surface area contributed by atoms with Crippen LogP contribution in [-0.4, -0.2) is 46.3 Å². The summed E-state index contributed by atoms with van der Waals surface area (Å²) in [6.07, 6.45) is 3.38. The van der Waals surface area contributed by atoms with Gasteiger partial charge in [-0.05, 0) is 51.6 Å². The second-order valence-corrected chi connectivity index (χ2v) is 6.99. The topological polar surface area (TPSA) is 50.2 Å². The molecule has 2 aliphatic heterocycles. The first kappa shape index (κ1) is 14.9. The summed E-state index contributed by atoms with van der Waals surface area (Å²) in [5.41, 5.74) is 1.52. The molecule has 1 unspecified atom stereocenters. The minimum Gasteiger partial charge on any atom is -0.334 e. The van der Waals surface area contributed by atoms with Crippen molar-refractivity contribution in [3.63, 3.8) is 0 Å². The number of likely N-dealkylation sites (tertiary alicyclic amines) is 1. The van der Waals surface area contributed by atoms with Crippen LogP contribution in [0.25, 0.3) is 0 Å². The molecule has 1 aromatic heterocycles. The van der Waals surface area contributed by atoms with Crippen molar-refractivity contribution in [1.82, 2.24) is 20.0 Å². The van der Waals surface area contributed by atoms with Crippen molar-refractivity contribution in [2.75, 3.05) is 19.6 Å². The number of carbonyl (C=O) groups is 1. The quantitative estimate of drug-likeness (QED) is 0.863. The van der Waals surface area contributed by atoms with E-state index in [1.807, 2.05) is 18.9 Å². The molecule has 1 aromatic rings. The summed E-state index contributed by atoms with van der Waals surface area (Å²) in [7, 11) is 1.82. The standard InChI is InChI=1S/C15H23ClN4O/c1-10-8-15(4-6-17-7-5-15)9-20(10)14(21)13-12(16)11(2)19(3)18-13/h10,17H,4-9H2,1-3H3. The molecule has 0 saturated carbocycles. The molecule has 3 heterocycles. The number of rotatable bonds is 1. The third kappa shape index (κ3) is 2.46. The van der Waals surface area contributed by atoms with Gasteiger partial charge in [0.05, 0.1) is 10.7 Å². The van der Waals surface area contributed by atoms with Crippen LogP contribution >= 0.6 is 11.6 Å². The zero-order valence-corrected chi connectivity index (χ0v) is 13.7. The van der Waals surface area contributed by atoms with E-state index in [1.54, 1.807) is 4.68 Å². The lowest BCUT2D eigenvalue weighted by Crippen LogP contribution is -2.40. The Hall–Kier alpha value is -1.07. The van der Waals surface area contributed by atoms with Crippen molar-refractivity contribution in [2.24, 2.45) is 12.5 Å². The van der Waals surface area contributed by atoms with E-state index in [0.717, 1.165) is 44.6 Å². The Balaban J connectivity index is 1.83. The molecule has 1 N–H and O–H groups in total. The van der Waals surface area contributed by atoms with Gasteiger partial charge in [0.15, 0.2) is 5.69 Å². The summed E-state index contributed by atoms with van der Waals surface area (Å²) in [5, 5.41) is 8.20. The number of carbonyl (C=O) groups excluding carboxylic acids is 1. The average molecular weight is 311 g/mol. The van der Waals surface area contributed by atoms with Crippen molar-refractivity contribution in [2.45, 2.75) is 39.2 Å². The minimum atomic E-state index is -0.0217. The van der Waals surface area contributed by atoms with Gasteiger partial charge in [0.25, 0.3) is 5.91 Å². The minimum absolute atomic E-state index is 0.0217. The van der Waals surface area contributed by atoms with Crippen molar-refractivity contribution in [1.29, 1.82) is 0 Å². The number of aryl methyl sites for hydroxylation is 1. The highest BCUT2D eigenvalue weighted by molar-refractivity contribution is 6.34. The first-order valence-corrected chi connectivity index (χ1v) is 8.02. The van der Waals surface area contributed by atoms with E-state index in [-0.39, 0.29) is 17.4 Å². The zero-order valence-electron chi connectivity index (χ0n) is 12.9. The van der Waals surface area contributed by atoms with Crippen LogP contribution in [0, 0.1) is 12.3 Å². The predicted octanol–water partition coefficient (Wildman–Crippen LogP) is 1.99. The van der Waals surface area contributed by atoms with Crippen LogP contribution in [0.5, 0.6) is 0 Å². The maximum atomic E-state index is 12.8. The Morgan fingerprint density at radius 2 is 2.10 bits per heavy atom. The Labute approximate surface area is 130 Å². The highest BCUT2D eigenvalue weighted by Gasteiger charge is 2.45. The molecule has 1 amide bonds. The van der Waals surface area contributed by atoms with Gasteiger partial charge in [-0.3, -0.25) is 9.48 Å². The molecule has 5 nitrogen and oxygen atoms in total. The van der Waals surface area contributed by atoms with Gasteiger partial charge in [-0.1, -0.05) is 11.6 Å². The molecule has 2 fully saturated rings. The van der Waals surface area contributed by atoms with Crippen LogP contribution in [0.4, 0.5) is 0 Å². The van der Waals surface area contributed by atoms with Crippen LogP contribution in [0.2, 0.25) is 5.02 Å². The first-order chi connectivity index (χ1) is 9.93. The fourth-order valence-electron chi connectivity index (χ4n) is 3.76. The molecule has 0 radical (unpaired) electrons. The Bertz CT molecular complexity index is 562. The molecule has 6 heteroatoms. The number of piperidine rings is 1. The largest absolute Gasteiger partial charge is 0.334 e. The molecule has 2 saturated heterocycles. The fourth-order valence-corrected chi connectivity index (χ4v) is 4.01. The van der Waals surface area contributed by atoms with E-state index < -0.39 is 0 Å². The summed E-state index contributed by atoms with van der Waals surface area (Å²) in [4.78, 5) is 14.8. The molecule has 0 aliphatic carbocycles. The number of hydrogen-bond acceptors (Lipinski definition) is 3. The molecule has 2 aliphatic rings. The van der Waals surface area contributed by atoms with Crippen molar-refractivity contribution in [3.8, 4) is 0 Å². The maximum absolute atomic E-state index is 12.8. The van der Waals surface area contributed by atoms with E-state index in [4.69, 9.17) is 11.6 Å². The van der Waals surface area contributed by atoms with E-state index in [2.05, 4.69) is 17.3 Å². The molecule has 3 rings (SSSR count). The smallest absolute Gasteiger partial charge is 0.276 e. The SMILES string of the molecule is Cc1c(Cl)c(C(=O)N2CC3(CCNCC3)CC2C)nn1C. The fraction of sp³-hybridized carbons (Fsp3) is 0.733. The van der Waals surface area contributed by atoms with Crippen LogP contribution in [0.15, 0.2) is 0 Å². The summed E-state index contributed by atoms with van der Waals surface area (Å²) < 4.78 is 1.68. The van der Waals surface area contributed by atoms with Gasteiger partial charge < -0.3 is 10.2 Å². The third-order valence-electron chi connectivity index (χ3n) is 5.15. The van der Waals surface area contributed by atoms with Gasteiger partial charge in [0.2, 0.25) is 0 Å². The van der Waals surface area contributed by atoms with Crippen molar-refractivity contribution < 1.29 is 4.79 Å². The normalized spacial score (nSPS) is 24.8. The van der Waals surface area contributed by atoms with Crippen LogP contribution in [0.1, 0.15) is 42.4 Å². The van der Waals surface area contributed by atoms with Gasteiger partial charge in [-0.2, -0.15) is 5.10 Å². The van der Waals surface area contributed by atoms with Gasteiger partial charge in [0.1, 0.15) is 0 Å². The number of hydrogen-bond donors (Lipinski definition) is 1. The molecule has 0 bridgehead atoms. The van der Waals surface area contributed by atoms with Crippen molar-refractivity contribution >= 4 is 17.5 Å². The Morgan fingerprint density at radius 3 is 2.67 bits per heavy atom. The summed E-state index contributed by atoms with van der Waals surface area (Å²) in [6, 6.07) is 0.258. The molecular weight excluding hydrogens is 288 g/mol. The number of nitrogens with one attached hydrogen (secondary N) is 1. The average Bonchev–Trinajstić information content (AvgIpc) is 2.91. The maximum Gasteiger partial charge on any atom is 0.276 e. The lowest BCUT2D eigenvalue weighted by Gasteiger charge is -2.33. The molecule has 0 aromatic carbocycles. The molecule has 1 spiro atoms. The summed E-state index contributed by atoms with van der Waals surface area (Å²) >= 11 is 6.27. The van der Waals surface area contributed by atoms with E-state index in [1.165, 1.54) is 0 Å². The summed E-state index contributed by atoms with van der Waals surface area (Å²) in [5.74, 6) is -0.0217. The number of halogens is 1. The predicted molar refractivity (Wildman–Crippen MR) is 82.6 cm³/mol. The number of amides is 1. The molecule has 21 heavy (non-hydrogen) atoms. The number of nitrogens with zero attached hydrogens (tertiary/aromatic N) is 3. The van der Waals surface area contributed by atoms with Gasteiger partial charge in [-0.15, -0.1) is 0 Å². The molecule has 1 atom stereocenters. The number of aromatic nitrogens is 2. The van der Waals surface area contributed by atoms with Crippen molar-refractivity contribution in [3.05, 3.63) is 16.4 Å². The van der Waals surface area contributed by atoms with Gasteiger partial charge in [0, 0.05) is 19.6 Å². The lowest BCUT2D eigenvalue weighted by molar-refractivity contribution is 0.0717. The monoisotopic (exact) mass is 310 g/mol. The van der Waals surface area contributed by atoms with Gasteiger partial charge >= 0.3 is 0 Å². The first-order valence-electron chi connectivity index (χ1n) is 7.64. The van der Waals surface area contributed by atoms with Gasteiger partial charge in [-0.25, -0.2) is 0 Å². The Kier molecular flexibility index (Phi) is 3.74. The third-order valence-corrected chi connectivity index (χ3v) is 5.61. The lowest BCUT2D eigenvalue weighted by atomic mass is 9.77. The zero-order chi connectivity index (χ0) is 15.2. The highest BCUT2D eigenvalue weighted by atomic mass is 35.5. The van der Waals surface area contributed by atoms with E-state index in [9.17, 15) is 4.79 Å². The molecular formula is C15H23ClN4O. The van der Waals surface area contributed by atoms with Crippen LogP contribution < -0.4 is 5.32 Å². The second-order valence-electron chi connectivity index (χ2n) is 6.61. The molecule has 116 valence electrons. The van der Waals surface area contributed by atoms with E-state index >= 15 is 0 Å². The Morgan fingerprint density at radius 1 is 1.43 bits per heavy atom. The second kappa shape index (κ2) is 5.29.